The number of hydrogen-bond donors (Lipinski definition) is 2. The Morgan fingerprint density at radius 3 is 1.97 bits per heavy atom. The molecule has 2 atom stereocenters. The number of nitrogens with one attached hydrogen (secondary N) is 2. The highest BCUT2D eigenvalue weighted by atomic mass is 16.2. The summed E-state index contributed by atoms with van der Waals surface area (Å²) in [5.41, 5.74) is 2.57. The van der Waals surface area contributed by atoms with Gasteiger partial charge < -0.3 is 15.4 Å². The molecule has 2 aromatic carbocycles. The minimum atomic E-state index is -0.717. The number of rotatable bonds is 9. The molecular formula is C24H30N2O3. The van der Waals surface area contributed by atoms with E-state index < -0.39 is 12.1 Å². The summed E-state index contributed by atoms with van der Waals surface area (Å²) in [7, 11) is 0. The Morgan fingerprint density at radius 2 is 1.45 bits per heavy atom. The van der Waals surface area contributed by atoms with Crippen LogP contribution < -0.4 is 10.6 Å². The first-order valence-corrected chi connectivity index (χ1v) is 10.0. The predicted octanol–water partition coefficient (Wildman–Crippen LogP) is 3.84. The maximum Gasteiger partial charge on any atom is 0.251 e. The van der Waals surface area contributed by atoms with Crippen molar-refractivity contribution < 1.29 is 14.4 Å². The van der Waals surface area contributed by atoms with E-state index in [1.165, 1.54) is 0 Å². The van der Waals surface area contributed by atoms with Crippen molar-refractivity contribution in [2.24, 2.45) is 11.8 Å². The largest absolute Gasteiger partial charge is 0.345 e. The van der Waals surface area contributed by atoms with E-state index in [0.29, 0.717) is 12.0 Å². The van der Waals surface area contributed by atoms with Crippen molar-refractivity contribution in [3.63, 3.8) is 0 Å². The van der Waals surface area contributed by atoms with Crippen LogP contribution in [0.3, 0.4) is 0 Å². The summed E-state index contributed by atoms with van der Waals surface area (Å²) in [6.07, 6.45) is 1.31. The van der Waals surface area contributed by atoms with Gasteiger partial charge in [-0.2, -0.15) is 0 Å². The Bertz CT molecular complexity index is 814. The van der Waals surface area contributed by atoms with Gasteiger partial charge in [0, 0.05) is 5.56 Å². The molecule has 0 saturated carbocycles. The van der Waals surface area contributed by atoms with E-state index in [-0.39, 0.29) is 23.7 Å². The third-order valence-corrected chi connectivity index (χ3v) is 4.71. The molecule has 2 rings (SSSR count). The summed E-state index contributed by atoms with van der Waals surface area (Å²) in [6.45, 7) is 7.70. The summed E-state index contributed by atoms with van der Waals surface area (Å²) in [5, 5.41) is 5.55. The SMILES string of the molecule is CC(C)C[C@@H](C=O)NC(=O)[C@@H](NC(=O)c1ccc(-c2ccccc2)cc1)C(C)C. The quantitative estimate of drug-likeness (QED) is 0.635. The molecule has 0 saturated heterocycles. The number of benzene rings is 2. The Balaban J connectivity index is 2.07. The number of amides is 2. The van der Waals surface area contributed by atoms with Crippen LogP contribution in [0.25, 0.3) is 11.1 Å². The first-order chi connectivity index (χ1) is 13.8. The molecule has 0 bridgehead atoms. The zero-order valence-corrected chi connectivity index (χ0v) is 17.5. The second kappa shape index (κ2) is 10.6. The molecule has 29 heavy (non-hydrogen) atoms. The zero-order valence-electron chi connectivity index (χ0n) is 17.5. The molecule has 0 aliphatic heterocycles. The van der Waals surface area contributed by atoms with Crippen LogP contribution in [0.5, 0.6) is 0 Å². The maximum atomic E-state index is 12.7. The molecule has 5 heteroatoms. The molecular weight excluding hydrogens is 364 g/mol. The third-order valence-electron chi connectivity index (χ3n) is 4.71. The van der Waals surface area contributed by atoms with Crippen LogP contribution in [0.1, 0.15) is 44.5 Å². The molecule has 0 aliphatic rings. The smallest absolute Gasteiger partial charge is 0.251 e. The monoisotopic (exact) mass is 394 g/mol. The highest BCUT2D eigenvalue weighted by Crippen LogP contribution is 2.19. The molecule has 0 spiro atoms. The summed E-state index contributed by atoms with van der Waals surface area (Å²) in [5.74, 6) is -0.494. The van der Waals surface area contributed by atoms with E-state index in [4.69, 9.17) is 0 Å². The van der Waals surface area contributed by atoms with Crippen molar-refractivity contribution in [3.8, 4) is 11.1 Å². The predicted molar refractivity (Wildman–Crippen MR) is 115 cm³/mol. The molecule has 2 aromatic rings. The summed E-state index contributed by atoms with van der Waals surface area (Å²) in [4.78, 5) is 36.6. The molecule has 0 aliphatic carbocycles. The van der Waals surface area contributed by atoms with Crippen molar-refractivity contribution in [3.05, 3.63) is 60.2 Å². The van der Waals surface area contributed by atoms with Crippen LogP contribution in [0.2, 0.25) is 0 Å². The molecule has 0 unspecified atom stereocenters. The van der Waals surface area contributed by atoms with Crippen molar-refractivity contribution >= 4 is 18.1 Å². The summed E-state index contributed by atoms with van der Waals surface area (Å²) < 4.78 is 0. The standard InChI is InChI=1S/C24H30N2O3/c1-16(2)14-21(15-27)25-24(29)22(17(3)4)26-23(28)20-12-10-19(11-13-20)18-8-6-5-7-9-18/h5-13,15-17,21-22H,14H2,1-4H3,(H,25,29)(H,26,28)/t21-,22-/m0/s1. The maximum absolute atomic E-state index is 12.7. The average molecular weight is 395 g/mol. The second-order valence-corrected chi connectivity index (χ2v) is 8.02. The van der Waals surface area contributed by atoms with E-state index in [1.54, 1.807) is 12.1 Å². The Kier molecular flexibility index (Phi) is 8.13. The fourth-order valence-electron chi connectivity index (χ4n) is 3.13. The van der Waals surface area contributed by atoms with Gasteiger partial charge >= 0.3 is 0 Å². The van der Waals surface area contributed by atoms with Crippen LogP contribution >= 0.6 is 0 Å². The molecule has 2 N–H and O–H groups in total. The Hall–Kier alpha value is -2.95. The van der Waals surface area contributed by atoms with Crippen LogP contribution in [-0.2, 0) is 9.59 Å². The van der Waals surface area contributed by atoms with E-state index in [0.717, 1.165) is 17.4 Å². The lowest BCUT2D eigenvalue weighted by atomic mass is 10.00. The van der Waals surface area contributed by atoms with Gasteiger partial charge in [0.05, 0.1) is 6.04 Å². The fraction of sp³-hybridized carbons (Fsp3) is 0.375. The number of hydrogen-bond acceptors (Lipinski definition) is 3. The normalized spacial score (nSPS) is 13.0. The van der Waals surface area contributed by atoms with Gasteiger partial charge in [-0.25, -0.2) is 0 Å². The number of aldehydes is 1. The number of carbonyl (C=O) groups is 3. The molecule has 0 radical (unpaired) electrons. The fourth-order valence-corrected chi connectivity index (χ4v) is 3.13. The van der Waals surface area contributed by atoms with Crippen molar-refractivity contribution in [1.29, 1.82) is 0 Å². The van der Waals surface area contributed by atoms with Crippen LogP contribution in [0.15, 0.2) is 54.6 Å². The molecule has 0 fully saturated rings. The Labute approximate surface area is 172 Å². The topological polar surface area (TPSA) is 75.3 Å². The molecule has 154 valence electrons. The highest BCUT2D eigenvalue weighted by Gasteiger charge is 2.26. The lowest BCUT2D eigenvalue weighted by Gasteiger charge is -2.24. The van der Waals surface area contributed by atoms with Crippen molar-refractivity contribution in [1.82, 2.24) is 10.6 Å². The average Bonchev–Trinajstić information content (AvgIpc) is 2.71. The molecule has 0 heterocycles. The van der Waals surface area contributed by atoms with Gasteiger partial charge in [0.25, 0.3) is 5.91 Å². The lowest BCUT2D eigenvalue weighted by Crippen LogP contribution is -2.52. The van der Waals surface area contributed by atoms with Gasteiger partial charge in [-0.05, 0) is 41.5 Å². The first kappa shape index (κ1) is 22.3. The Morgan fingerprint density at radius 1 is 0.862 bits per heavy atom. The van der Waals surface area contributed by atoms with Gasteiger partial charge in [-0.3, -0.25) is 9.59 Å². The molecule has 2 amide bonds. The zero-order chi connectivity index (χ0) is 21.4. The van der Waals surface area contributed by atoms with E-state index in [9.17, 15) is 14.4 Å². The van der Waals surface area contributed by atoms with Crippen LogP contribution in [-0.4, -0.2) is 30.2 Å². The van der Waals surface area contributed by atoms with Gasteiger partial charge in [-0.1, -0.05) is 70.2 Å². The summed E-state index contributed by atoms with van der Waals surface area (Å²) >= 11 is 0. The first-order valence-electron chi connectivity index (χ1n) is 10.0. The second-order valence-electron chi connectivity index (χ2n) is 8.02. The van der Waals surface area contributed by atoms with E-state index >= 15 is 0 Å². The highest BCUT2D eigenvalue weighted by molar-refractivity contribution is 5.98. The van der Waals surface area contributed by atoms with Gasteiger partial charge in [0.1, 0.15) is 12.3 Å². The minimum Gasteiger partial charge on any atom is -0.345 e. The number of carbonyl (C=O) groups excluding carboxylic acids is 3. The van der Waals surface area contributed by atoms with E-state index in [1.807, 2.05) is 70.2 Å². The van der Waals surface area contributed by atoms with Crippen molar-refractivity contribution in [2.45, 2.75) is 46.2 Å². The van der Waals surface area contributed by atoms with Crippen LogP contribution in [0, 0.1) is 11.8 Å². The van der Waals surface area contributed by atoms with Gasteiger partial charge in [0.2, 0.25) is 5.91 Å². The molecule has 0 aromatic heterocycles. The van der Waals surface area contributed by atoms with Gasteiger partial charge in [0.15, 0.2) is 0 Å². The lowest BCUT2D eigenvalue weighted by molar-refractivity contribution is -0.126. The van der Waals surface area contributed by atoms with Crippen molar-refractivity contribution in [2.75, 3.05) is 0 Å². The third kappa shape index (κ3) is 6.56. The minimum absolute atomic E-state index is 0.117. The van der Waals surface area contributed by atoms with E-state index in [2.05, 4.69) is 10.6 Å². The summed E-state index contributed by atoms with van der Waals surface area (Å²) in [6, 6.07) is 15.9. The molecule has 5 nitrogen and oxygen atoms in total. The van der Waals surface area contributed by atoms with Crippen LogP contribution in [0.4, 0.5) is 0 Å². The van der Waals surface area contributed by atoms with Gasteiger partial charge in [-0.15, -0.1) is 0 Å².